The first-order valence-electron chi connectivity index (χ1n) is 5.62. The minimum atomic E-state index is -0.262. The van der Waals surface area contributed by atoms with Crippen molar-refractivity contribution in [2.75, 3.05) is 0 Å². The summed E-state index contributed by atoms with van der Waals surface area (Å²) in [4.78, 5) is 11.8. The van der Waals surface area contributed by atoms with Gasteiger partial charge in [-0.05, 0) is 37.5 Å². The van der Waals surface area contributed by atoms with Gasteiger partial charge >= 0.3 is 5.76 Å². The molecule has 16 heavy (non-hydrogen) atoms. The van der Waals surface area contributed by atoms with Crippen LogP contribution in [-0.4, -0.2) is 4.57 Å². The Labute approximate surface area is 94.7 Å². The van der Waals surface area contributed by atoms with Crippen LogP contribution in [-0.2, 0) is 0 Å². The van der Waals surface area contributed by atoms with Crippen LogP contribution in [0.1, 0.15) is 32.4 Å². The highest BCUT2D eigenvalue weighted by molar-refractivity contribution is 5.73. The van der Waals surface area contributed by atoms with E-state index in [0.29, 0.717) is 11.5 Å². The van der Waals surface area contributed by atoms with Gasteiger partial charge in [-0.25, -0.2) is 4.79 Å². The fraction of sp³-hybridized carbons (Fsp3) is 0.462. The van der Waals surface area contributed by atoms with Crippen LogP contribution in [0.5, 0.6) is 0 Å². The summed E-state index contributed by atoms with van der Waals surface area (Å²) in [5, 5.41) is 0. The Hall–Kier alpha value is -1.51. The van der Waals surface area contributed by atoms with E-state index in [0.717, 1.165) is 11.1 Å². The summed E-state index contributed by atoms with van der Waals surface area (Å²) < 4.78 is 6.99. The van der Waals surface area contributed by atoms with Crippen molar-refractivity contribution in [2.24, 2.45) is 5.92 Å². The number of fused-ring (bicyclic) bond motifs is 1. The van der Waals surface area contributed by atoms with Gasteiger partial charge in [-0.2, -0.15) is 0 Å². The Morgan fingerprint density at radius 3 is 2.56 bits per heavy atom. The second-order valence-corrected chi connectivity index (χ2v) is 4.69. The molecule has 1 heterocycles. The van der Waals surface area contributed by atoms with E-state index in [-0.39, 0.29) is 11.8 Å². The van der Waals surface area contributed by atoms with Crippen LogP contribution in [0.3, 0.4) is 0 Å². The number of oxazole rings is 1. The van der Waals surface area contributed by atoms with Gasteiger partial charge in [-0.1, -0.05) is 19.9 Å². The maximum Gasteiger partial charge on any atom is 0.420 e. The molecule has 0 aliphatic carbocycles. The van der Waals surface area contributed by atoms with Crippen LogP contribution in [0.15, 0.2) is 27.4 Å². The van der Waals surface area contributed by atoms with Gasteiger partial charge in [0.25, 0.3) is 0 Å². The lowest BCUT2D eigenvalue weighted by Crippen LogP contribution is -2.21. The van der Waals surface area contributed by atoms with Crippen LogP contribution in [0.25, 0.3) is 11.1 Å². The maximum absolute atomic E-state index is 11.8. The van der Waals surface area contributed by atoms with Crippen molar-refractivity contribution in [2.45, 2.75) is 33.7 Å². The summed E-state index contributed by atoms with van der Waals surface area (Å²) in [6, 6.07) is 6.01. The van der Waals surface area contributed by atoms with E-state index < -0.39 is 0 Å². The van der Waals surface area contributed by atoms with Crippen molar-refractivity contribution in [1.82, 2.24) is 4.57 Å². The molecule has 0 saturated heterocycles. The second-order valence-electron chi connectivity index (χ2n) is 4.69. The Balaban J connectivity index is 2.70. The minimum Gasteiger partial charge on any atom is -0.408 e. The molecule has 86 valence electrons. The summed E-state index contributed by atoms with van der Waals surface area (Å²) >= 11 is 0. The first-order valence-corrected chi connectivity index (χ1v) is 5.62. The molecule has 0 N–H and O–H groups in total. The summed E-state index contributed by atoms with van der Waals surface area (Å²) in [6.45, 7) is 8.23. The quantitative estimate of drug-likeness (QED) is 0.777. The topological polar surface area (TPSA) is 35.1 Å². The third-order valence-corrected chi connectivity index (χ3v) is 3.14. The number of aromatic nitrogens is 1. The third-order valence-electron chi connectivity index (χ3n) is 3.14. The molecule has 2 aromatic rings. The number of nitrogens with zero attached hydrogens (tertiary/aromatic N) is 1. The number of benzene rings is 1. The Kier molecular flexibility index (Phi) is 2.62. The van der Waals surface area contributed by atoms with E-state index in [2.05, 4.69) is 13.8 Å². The first kappa shape index (κ1) is 11.0. The van der Waals surface area contributed by atoms with Crippen LogP contribution in [0.2, 0.25) is 0 Å². The molecule has 0 aliphatic heterocycles. The monoisotopic (exact) mass is 219 g/mol. The predicted octanol–water partition coefficient (Wildman–Crippen LogP) is 3.12. The Morgan fingerprint density at radius 1 is 1.25 bits per heavy atom. The van der Waals surface area contributed by atoms with E-state index >= 15 is 0 Å². The molecule has 3 heteroatoms. The molecule has 1 aromatic carbocycles. The lowest BCUT2D eigenvalue weighted by Gasteiger charge is -2.16. The van der Waals surface area contributed by atoms with E-state index in [1.807, 2.05) is 32.0 Å². The van der Waals surface area contributed by atoms with Gasteiger partial charge in [-0.15, -0.1) is 0 Å². The average molecular weight is 219 g/mol. The van der Waals surface area contributed by atoms with Gasteiger partial charge in [0.05, 0.1) is 5.52 Å². The molecular formula is C13H17NO2. The van der Waals surface area contributed by atoms with Crippen molar-refractivity contribution in [3.05, 3.63) is 34.3 Å². The zero-order chi connectivity index (χ0) is 11.9. The molecule has 0 bridgehead atoms. The van der Waals surface area contributed by atoms with E-state index in [9.17, 15) is 4.79 Å². The van der Waals surface area contributed by atoms with Crippen LogP contribution >= 0.6 is 0 Å². The summed E-state index contributed by atoms with van der Waals surface area (Å²) in [6.07, 6.45) is 0. The lowest BCUT2D eigenvalue weighted by molar-refractivity contribution is 0.378. The molecule has 0 amide bonds. The minimum absolute atomic E-state index is 0.149. The van der Waals surface area contributed by atoms with Gasteiger partial charge in [0.2, 0.25) is 0 Å². The Bertz CT molecular complexity index is 563. The molecule has 0 radical (unpaired) electrons. The molecule has 0 fully saturated rings. The van der Waals surface area contributed by atoms with E-state index in [1.54, 1.807) is 4.57 Å². The number of hydrogen-bond donors (Lipinski definition) is 0. The van der Waals surface area contributed by atoms with Gasteiger partial charge in [0.15, 0.2) is 5.58 Å². The zero-order valence-corrected chi connectivity index (χ0v) is 10.2. The standard InChI is InChI=1S/C13H17NO2/c1-8(2)10(4)14-11-6-5-9(3)7-12(11)16-13(14)15/h5-8,10H,1-4H3. The van der Waals surface area contributed by atoms with Crippen molar-refractivity contribution >= 4 is 11.1 Å². The largest absolute Gasteiger partial charge is 0.420 e. The van der Waals surface area contributed by atoms with Crippen molar-refractivity contribution in [3.8, 4) is 0 Å². The molecule has 0 aliphatic rings. The molecule has 3 nitrogen and oxygen atoms in total. The van der Waals surface area contributed by atoms with Gasteiger partial charge < -0.3 is 4.42 Å². The van der Waals surface area contributed by atoms with Crippen LogP contribution in [0.4, 0.5) is 0 Å². The number of aryl methyl sites for hydroxylation is 1. The smallest absolute Gasteiger partial charge is 0.408 e. The predicted molar refractivity (Wildman–Crippen MR) is 64.8 cm³/mol. The third kappa shape index (κ3) is 1.66. The van der Waals surface area contributed by atoms with Crippen molar-refractivity contribution < 1.29 is 4.42 Å². The molecule has 1 aromatic heterocycles. The molecular weight excluding hydrogens is 202 g/mol. The van der Waals surface area contributed by atoms with Crippen molar-refractivity contribution in [3.63, 3.8) is 0 Å². The number of hydrogen-bond acceptors (Lipinski definition) is 2. The van der Waals surface area contributed by atoms with Gasteiger partial charge in [-0.3, -0.25) is 4.57 Å². The molecule has 1 unspecified atom stereocenters. The SMILES string of the molecule is Cc1ccc2c(c1)oc(=O)n2C(C)C(C)C. The van der Waals surface area contributed by atoms with Crippen molar-refractivity contribution in [1.29, 1.82) is 0 Å². The second kappa shape index (κ2) is 3.81. The molecule has 1 atom stereocenters. The average Bonchev–Trinajstić information content (AvgIpc) is 2.51. The first-order chi connectivity index (χ1) is 7.50. The van der Waals surface area contributed by atoms with E-state index in [4.69, 9.17) is 4.42 Å². The summed E-state index contributed by atoms with van der Waals surface area (Å²) in [5.74, 6) is 0.140. The molecule has 0 spiro atoms. The summed E-state index contributed by atoms with van der Waals surface area (Å²) in [5.41, 5.74) is 2.67. The Morgan fingerprint density at radius 2 is 1.94 bits per heavy atom. The number of rotatable bonds is 2. The molecule has 0 saturated carbocycles. The van der Waals surface area contributed by atoms with Gasteiger partial charge in [0.1, 0.15) is 0 Å². The molecule has 2 rings (SSSR count). The normalized spacial score (nSPS) is 13.6. The maximum atomic E-state index is 11.8. The highest BCUT2D eigenvalue weighted by Crippen LogP contribution is 2.22. The zero-order valence-electron chi connectivity index (χ0n) is 10.2. The fourth-order valence-electron chi connectivity index (χ4n) is 1.83. The highest BCUT2D eigenvalue weighted by Gasteiger charge is 2.17. The highest BCUT2D eigenvalue weighted by atomic mass is 16.4. The van der Waals surface area contributed by atoms with Crippen LogP contribution in [0, 0.1) is 12.8 Å². The lowest BCUT2D eigenvalue weighted by atomic mass is 10.1. The summed E-state index contributed by atoms with van der Waals surface area (Å²) in [7, 11) is 0. The van der Waals surface area contributed by atoms with E-state index in [1.165, 1.54) is 0 Å². The van der Waals surface area contributed by atoms with Crippen LogP contribution < -0.4 is 5.76 Å². The fourth-order valence-corrected chi connectivity index (χ4v) is 1.83. The van der Waals surface area contributed by atoms with Gasteiger partial charge in [0, 0.05) is 6.04 Å².